The molecule has 4 aromatic rings. The predicted molar refractivity (Wildman–Crippen MR) is 126 cm³/mol. The Hall–Kier alpha value is -3.65. The van der Waals surface area contributed by atoms with Crippen molar-refractivity contribution in [2.45, 2.75) is 12.8 Å². The fraction of sp³-hybridized carbons (Fsp3) is 0.292. The van der Waals surface area contributed by atoms with Gasteiger partial charge in [-0.25, -0.2) is 9.78 Å². The molecule has 2 aromatic carbocycles. The van der Waals surface area contributed by atoms with E-state index in [1.807, 2.05) is 36.4 Å². The number of fused-ring (bicyclic) bond motifs is 2. The van der Waals surface area contributed by atoms with Crippen LogP contribution in [0.1, 0.15) is 12.0 Å². The minimum absolute atomic E-state index is 0.153. The van der Waals surface area contributed by atoms with E-state index < -0.39 is 0 Å². The lowest BCUT2D eigenvalue weighted by molar-refractivity contribution is 0.144. The highest BCUT2D eigenvalue weighted by Gasteiger charge is 2.18. The maximum absolute atomic E-state index is 12.6. The molecule has 1 fully saturated rings. The van der Waals surface area contributed by atoms with Crippen LogP contribution >= 0.6 is 0 Å². The van der Waals surface area contributed by atoms with Crippen molar-refractivity contribution >= 4 is 28.0 Å². The minimum Gasteiger partial charge on any atom is -0.351 e. The molecule has 0 aliphatic carbocycles. The molecule has 32 heavy (non-hydrogen) atoms. The van der Waals surface area contributed by atoms with Gasteiger partial charge in [-0.05, 0) is 54.6 Å². The molecular weight excluding hydrogens is 404 g/mol. The summed E-state index contributed by atoms with van der Waals surface area (Å²) in [6, 6.07) is 15.5. The van der Waals surface area contributed by atoms with Crippen molar-refractivity contribution in [2.24, 2.45) is 5.73 Å². The maximum atomic E-state index is 12.6. The van der Waals surface area contributed by atoms with E-state index in [-0.39, 0.29) is 11.6 Å². The Morgan fingerprint density at radius 1 is 1.00 bits per heavy atom. The van der Waals surface area contributed by atoms with Gasteiger partial charge in [-0.2, -0.15) is 0 Å². The van der Waals surface area contributed by atoms with Crippen LogP contribution in [0.5, 0.6) is 0 Å². The largest absolute Gasteiger partial charge is 0.351 e. The molecule has 8 nitrogen and oxygen atoms in total. The Morgan fingerprint density at radius 2 is 1.81 bits per heavy atom. The van der Waals surface area contributed by atoms with Crippen LogP contribution in [0.3, 0.4) is 0 Å². The number of amides is 2. The van der Waals surface area contributed by atoms with E-state index in [0.29, 0.717) is 24.5 Å². The summed E-state index contributed by atoms with van der Waals surface area (Å²) >= 11 is 0. The number of primary amides is 1. The second-order valence-corrected chi connectivity index (χ2v) is 8.31. The van der Waals surface area contributed by atoms with Crippen molar-refractivity contribution in [3.8, 4) is 11.4 Å². The molecule has 0 atom stereocenters. The molecule has 0 radical (unpaired) electrons. The molecule has 8 heteroatoms. The van der Waals surface area contributed by atoms with Crippen LogP contribution in [0.15, 0.2) is 53.3 Å². The van der Waals surface area contributed by atoms with E-state index in [9.17, 15) is 9.59 Å². The van der Waals surface area contributed by atoms with Gasteiger partial charge in [-0.15, -0.1) is 0 Å². The van der Waals surface area contributed by atoms with Crippen LogP contribution in [-0.4, -0.2) is 63.5 Å². The molecule has 0 spiro atoms. The number of aromatic amines is 2. The Labute approximate surface area is 185 Å². The monoisotopic (exact) mass is 430 g/mol. The number of carbonyl (C=O) groups is 1. The number of aromatic nitrogens is 3. The zero-order valence-electron chi connectivity index (χ0n) is 17.8. The number of carbonyl (C=O) groups excluding carboxylic acids is 1. The van der Waals surface area contributed by atoms with E-state index in [0.717, 1.165) is 54.4 Å². The van der Waals surface area contributed by atoms with Crippen molar-refractivity contribution < 1.29 is 4.79 Å². The van der Waals surface area contributed by atoms with Crippen LogP contribution in [0.2, 0.25) is 0 Å². The second-order valence-electron chi connectivity index (χ2n) is 8.31. The third-order valence-electron chi connectivity index (χ3n) is 6.18. The summed E-state index contributed by atoms with van der Waals surface area (Å²) in [5.41, 5.74) is 9.55. The topological polar surface area (TPSA) is 111 Å². The number of para-hydroxylation sites is 1. The van der Waals surface area contributed by atoms with Gasteiger partial charge in [0.2, 0.25) is 0 Å². The summed E-state index contributed by atoms with van der Waals surface area (Å²) < 4.78 is 0. The standard InChI is InChI=1S/C24H26N6O2/c25-24(32)30-12-10-29(11-13-30)9-3-4-16-7-8-20-21(14-16)27-22(26-20)18-15-17-5-1-2-6-19(17)28-23(18)31/h1-2,5-8,14-15H,3-4,9-13H2,(H2,25,32)(H,26,27)(H,28,31). The van der Waals surface area contributed by atoms with E-state index in [2.05, 4.69) is 27.0 Å². The molecule has 3 heterocycles. The van der Waals surface area contributed by atoms with Crippen LogP contribution in [0, 0.1) is 0 Å². The van der Waals surface area contributed by atoms with Crippen molar-refractivity contribution in [2.75, 3.05) is 32.7 Å². The number of nitrogens with zero attached hydrogens (tertiary/aromatic N) is 3. The van der Waals surface area contributed by atoms with Gasteiger partial charge in [0.1, 0.15) is 5.82 Å². The van der Waals surface area contributed by atoms with Gasteiger partial charge in [0, 0.05) is 31.7 Å². The normalized spacial score (nSPS) is 14.9. The summed E-state index contributed by atoms with van der Waals surface area (Å²) in [5.74, 6) is 0.580. The highest BCUT2D eigenvalue weighted by Crippen LogP contribution is 2.22. The number of benzene rings is 2. The molecule has 2 amide bonds. The van der Waals surface area contributed by atoms with Crippen molar-refractivity contribution in [3.63, 3.8) is 0 Å². The molecule has 0 saturated carbocycles. The Bertz CT molecular complexity index is 1330. The van der Waals surface area contributed by atoms with Gasteiger partial charge in [-0.3, -0.25) is 9.69 Å². The molecule has 4 N–H and O–H groups in total. The Kier molecular flexibility index (Phi) is 5.36. The average Bonchev–Trinajstić information content (AvgIpc) is 3.22. The zero-order chi connectivity index (χ0) is 22.1. The van der Waals surface area contributed by atoms with Crippen molar-refractivity contribution in [3.05, 3.63) is 64.4 Å². The van der Waals surface area contributed by atoms with Crippen molar-refractivity contribution in [1.82, 2.24) is 24.8 Å². The Morgan fingerprint density at radius 3 is 2.62 bits per heavy atom. The van der Waals surface area contributed by atoms with E-state index in [1.165, 1.54) is 5.56 Å². The van der Waals surface area contributed by atoms with Gasteiger partial charge in [0.15, 0.2) is 0 Å². The first-order chi connectivity index (χ1) is 15.6. The quantitative estimate of drug-likeness (QED) is 0.452. The molecule has 0 bridgehead atoms. The fourth-order valence-corrected chi connectivity index (χ4v) is 4.36. The highest BCUT2D eigenvalue weighted by molar-refractivity contribution is 5.85. The smallest absolute Gasteiger partial charge is 0.314 e. The summed E-state index contributed by atoms with van der Waals surface area (Å²) in [6.07, 6.45) is 1.98. The number of imidazole rings is 1. The van der Waals surface area contributed by atoms with Crippen LogP contribution < -0.4 is 11.3 Å². The first-order valence-electron chi connectivity index (χ1n) is 10.9. The number of aryl methyl sites for hydroxylation is 1. The molecule has 2 aromatic heterocycles. The number of urea groups is 1. The lowest BCUT2D eigenvalue weighted by Crippen LogP contribution is -2.50. The summed E-state index contributed by atoms with van der Waals surface area (Å²) in [5, 5.41) is 0.972. The number of H-pyrrole nitrogens is 2. The number of piperazine rings is 1. The minimum atomic E-state index is -0.331. The van der Waals surface area contributed by atoms with E-state index >= 15 is 0 Å². The number of hydrogen-bond donors (Lipinski definition) is 3. The molecule has 164 valence electrons. The van der Waals surface area contributed by atoms with Crippen LogP contribution in [0.4, 0.5) is 4.79 Å². The predicted octanol–water partition coefficient (Wildman–Crippen LogP) is 2.70. The first kappa shape index (κ1) is 20.3. The molecular formula is C24H26N6O2. The number of pyridine rings is 1. The lowest BCUT2D eigenvalue weighted by atomic mass is 10.1. The molecule has 0 unspecified atom stereocenters. The summed E-state index contributed by atoms with van der Waals surface area (Å²) in [6.45, 7) is 4.12. The zero-order valence-corrected chi connectivity index (χ0v) is 17.8. The summed E-state index contributed by atoms with van der Waals surface area (Å²) in [7, 11) is 0. The Balaban J connectivity index is 1.27. The van der Waals surface area contributed by atoms with Crippen LogP contribution in [-0.2, 0) is 6.42 Å². The number of rotatable bonds is 5. The number of nitrogens with two attached hydrogens (primary N) is 1. The molecule has 5 rings (SSSR count). The van der Waals surface area contributed by atoms with Crippen LogP contribution in [0.25, 0.3) is 33.3 Å². The molecule has 1 saturated heterocycles. The second kappa shape index (κ2) is 8.47. The van der Waals surface area contributed by atoms with Gasteiger partial charge in [-0.1, -0.05) is 24.3 Å². The third-order valence-corrected chi connectivity index (χ3v) is 6.18. The average molecular weight is 431 g/mol. The first-order valence-corrected chi connectivity index (χ1v) is 10.9. The van der Waals surface area contributed by atoms with Gasteiger partial charge >= 0.3 is 6.03 Å². The van der Waals surface area contributed by atoms with Gasteiger partial charge < -0.3 is 20.6 Å². The fourth-order valence-electron chi connectivity index (χ4n) is 4.36. The lowest BCUT2D eigenvalue weighted by Gasteiger charge is -2.33. The highest BCUT2D eigenvalue weighted by atomic mass is 16.2. The molecule has 1 aliphatic rings. The molecule has 1 aliphatic heterocycles. The summed E-state index contributed by atoms with van der Waals surface area (Å²) in [4.78, 5) is 38.8. The van der Waals surface area contributed by atoms with Crippen molar-refractivity contribution in [1.29, 1.82) is 0 Å². The SMILES string of the molecule is NC(=O)N1CCN(CCCc2ccc3[nH]c(-c4cc5ccccc5[nH]c4=O)nc3c2)CC1. The van der Waals surface area contributed by atoms with Gasteiger partial charge in [0.25, 0.3) is 5.56 Å². The maximum Gasteiger partial charge on any atom is 0.314 e. The van der Waals surface area contributed by atoms with E-state index in [4.69, 9.17) is 10.7 Å². The van der Waals surface area contributed by atoms with Gasteiger partial charge in [0.05, 0.1) is 16.6 Å². The van der Waals surface area contributed by atoms with E-state index in [1.54, 1.807) is 4.90 Å². The number of hydrogen-bond acceptors (Lipinski definition) is 4. The number of nitrogens with one attached hydrogen (secondary N) is 2. The third kappa shape index (κ3) is 4.09.